The molecule has 3 rings (SSSR count). The van der Waals surface area contributed by atoms with Crippen molar-refractivity contribution in [3.8, 4) is 0 Å². The Morgan fingerprint density at radius 2 is 1.92 bits per heavy atom. The third-order valence-corrected chi connectivity index (χ3v) is 4.49. The molecule has 0 radical (unpaired) electrons. The van der Waals surface area contributed by atoms with E-state index in [0.29, 0.717) is 25.2 Å². The second-order valence-electron chi connectivity index (χ2n) is 6.38. The smallest absolute Gasteiger partial charge is 0.272 e. The standard InChI is InChI=1S/C20H22N2O2/c1-15-7-5-11-18(21-15)20(24)22-12-6-10-17(14-22)19(23)13-16-8-3-2-4-9-16/h2-5,7-9,11,17H,6,10,12-14H2,1H3/t17-/m0/s1. The van der Waals surface area contributed by atoms with Gasteiger partial charge in [0.25, 0.3) is 5.91 Å². The number of piperidine rings is 1. The van der Waals surface area contributed by atoms with Crippen molar-refractivity contribution < 1.29 is 9.59 Å². The molecule has 124 valence electrons. The summed E-state index contributed by atoms with van der Waals surface area (Å²) in [7, 11) is 0. The van der Waals surface area contributed by atoms with Crippen LogP contribution in [0, 0.1) is 12.8 Å². The number of ketones is 1. The van der Waals surface area contributed by atoms with Crippen molar-refractivity contribution in [2.45, 2.75) is 26.2 Å². The van der Waals surface area contributed by atoms with Crippen molar-refractivity contribution in [1.29, 1.82) is 0 Å². The van der Waals surface area contributed by atoms with Crippen LogP contribution in [-0.2, 0) is 11.2 Å². The van der Waals surface area contributed by atoms with E-state index < -0.39 is 0 Å². The Morgan fingerprint density at radius 1 is 1.12 bits per heavy atom. The number of pyridine rings is 1. The van der Waals surface area contributed by atoms with Gasteiger partial charge in [0.2, 0.25) is 0 Å². The predicted molar refractivity (Wildman–Crippen MR) is 92.8 cm³/mol. The van der Waals surface area contributed by atoms with E-state index in [1.54, 1.807) is 11.0 Å². The quantitative estimate of drug-likeness (QED) is 0.869. The van der Waals surface area contributed by atoms with Crippen LogP contribution in [0.5, 0.6) is 0 Å². The molecule has 1 fully saturated rings. The van der Waals surface area contributed by atoms with E-state index in [1.165, 1.54) is 0 Å². The Hall–Kier alpha value is -2.49. The molecular formula is C20H22N2O2. The first-order chi connectivity index (χ1) is 11.6. The van der Waals surface area contributed by atoms with Gasteiger partial charge in [-0.25, -0.2) is 4.98 Å². The molecule has 1 aliphatic heterocycles. The zero-order valence-electron chi connectivity index (χ0n) is 13.9. The maximum Gasteiger partial charge on any atom is 0.272 e. The van der Waals surface area contributed by atoms with Crippen molar-refractivity contribution in [1.82, 2.24) is 9.88 Å². The van der Waals surface area contributed by atoms with Crippen LogP contribution in [0.4, 0.5) is 0 Å². The number of carbonyl (C=O) groups excluding carboxylic acids is 2. The van der Waals surface area contributed by atoms with E-state index in [-0.39, 0.29) is 17.6 Å². The lowest BCUT2D eigenvalue weighted by Gasteiger charge is -2.32. The summed E-state index contributed by atoms with van der Waals surface area (Å²) in [6, 6.07) is 15.2. The number of aryl methyl sites for hydroxylation is 1. The van der Waals surface area contributed by atoms with Crippen molar-refractivity contribution in [3.63, 3.8) is 0 Å². The van der Waals surface area contributed by atoms with E-state index in [0.717, 1.165) is 24.1 Å². The maximum atomic E-state index is 12.6. The summed E-state index contributed by atoms with van der Waals surface area (Å²) in [5.74, 6) is 0.0690. The van der Waals surface area contributed by atoms with Crippen LogP contribution in [0.15, 0.2) is 48.5 Å². The molecule has 24 heavy (non-hydrogen) atoms. The Kier molecular flexibility index (Phi) is 5.04. The third-order valence-electron chi connectivity index (χ3n) is 4.49. The van der Waals surface area contributed by atoms with E-state index in [1.807, 2.05) is 49.4 Å². The summed E-state index contributed by atoms with van der Waals surface area (Å²) in [6.45, 7) is 3.07. The second-order valence-corrected chi connectivity index (χ2v) is 6.38. The topological polar surface area (TPSA) is 50.3 Å². The van der Waals surface area contributed by atoms with Gasteiger partial charge in [0.1, 0.15) is 11.5 Å². The van der Waals surface area contributed by atoms with E-state index in [9.17, 15) is 9.59 Å². The Labute approximate surface area is 142 Å². The molecule has 0 saturated carbocycles. The molecule has 2 aromatic rings. The minimum Gasteiger partial charge on any atom is -0.337 e. The molecule has 0 spiro atoms. The first-order valence-electron chi connectivity index (χ1n) is 8.43. The fraction of sp³-hybridized carbons (Fsp3) is 0.350. The lowest BCUT2D eigenvalue weighted by atomic mass is 9.90. The highest BCUT2D eigenvalue weighted by Gasteiger charge is 2.29. The molecule has 1 aromatic carbocycles. The number of Topliss-reactive ketones (excluding diaryl/α,β-unsaturated/α-hetero) is 1. The van der Waals surface area contributed by atoms with Crippen molar-refractivity contribution >= 4 is 11.7 Å². The number of nitrogens with zero attached hydrogens (tertiary/aromatic N) is 2. The summed E-state index contributed by atoms with van der Waals surface area (Å²) in [5, 5.41) is 0. The summed E-state index contributed by atoms with van der Waals surface area (Å²) in [5.41, 5.74) is 2.33. The summed E-state index contributed by atoms with van der Waals surface area (Å²) in [6.07, 6.45) is 2.16. The second kappa shape index (κ2) is 7.39. The lowest BCUT2D eigenvalue weighted by molar-refractivity contribution is -0.123. The third kappa shape index (κ3) is 3.88. The van der Waals surface area contributed by atoms with Gasteiger partial charge in [-0.15, -0.1) is 0 Å². The molecule has 1 atom stereocenters. The fourth-order valence-corrected chi connectivity index (χ4v) is 3.19. The molecule has 0 unspecified atom stereocenters. The fourth-order valence-electron chi connectivity index (χ4n) is 3.19. The van der Waals surface area contributed by atoms with Crippen LogP contribution >= 0.6 is 0 Å². The Balaban J connectivity index is 1.65. The number of hydrogen-bond donors (Lipinski definition) is 0. The first kappa shape index (κ1) is 16.4. The Morgan fingerprint density at radius 3 is 2.67 bits per heavy atom. The van der Waals surface area contributed by atoms with Crippen LogP contribution in [0.1, 0.15) is 34.6 Å². The zero-order valence-corrected chi connectivity index (χ0v) is 13.9. The number of benzene rings is 1. The highest BCUT2D eigenvalue weighted by Crippen LogP contribution is 2.20. The number of hydrogen-bond acceptors (Lipinski definition) is 3. The molecule has 4 nitrogen and oxygen atoms in total. The molecule has 0 aliphatic carbocycles. The minimum absolute atomic E-state index is 0.0732. The highest BCUT2D eigenvalue weighted by molar-refractivity contribution is 5.93. The number of rotatable bonds is 4. The molecular weight excluding hydrogens is 300 g/mol. The molecule has 2 heterocycles. The Bertz CT molecular complexity index is 727. The molecule has 4 heteroatoms. The van der Waals surface area contributed by atoms with Gasteiger partial charge in [0.15, 0.2) is 0 Å². The van der Waals surface area contributed by atoms with Gasteiger partial charge in [0, 0.05) is 31.1 Å². The molecule has 0 N–H and O–H groups in total. The van der Waals surface area contributed by atoms with Crippen LogP contribution in [0.2, 0.25) is 0 Å². The number of carbonyl (C=O) groups is 2. The highest BCUT2D eigenvalue weighted by atomic mass is 16.2. The number of likely N-dealkylation sites (tertiary alicyclic amines) is 1. The molecule has 1 aliphatic rings. The average Bonchev–Trinajstić information content (AvgIpc) is 2.62. The molecule has 0 bridgehead atoms. The van der Waals surface area contributed by atoms with Gasteiger partial charge in [0.05, 0.1) is 0 Å². The van der Waals surface area contributed by atoms with Crippen molar-refractivity contribution in [2.75, 3.05) is 13.1 Å². The first-order valence-corrected chi connectivity index (χ1v) is 8.43. The van der Waals surface area contributed by atoms with E-state index in [2.05, 4.69) is 4.98 Å². The van der Waals surface area contributed by atoms with E-state index in [4.69, 9.17) is 0 Å². The number of aromatic nitrogens is 1. The van der Waals surface area contributed by atoms with Crippen LogP contribution in [0.25, 0.3) is 0 Å². The van der Waals surface area contributed by atoms with Gasteiger partial charge in [-0.05, 0) is 37.5 Å². The molecule has 1 amide bonds. The average molecular weight is 322 g/mol. The minimum atomic E-state index is -0.0762. The van der Waals surface area contributed by atoms with Gasteiger partial charge >= 0.3 is 0 Å². The van der Waals surface area contributed by atoms with Crippen LogP contribution in [-0.4, -0.2) is 34.7 Å². The van der Waals surface area contributed by atoms with Crippen molar-refractivity contribution in [3.05, 3.63) is 65.5 Å². The number of amides is 1. The molecule has 1 saturated heterocycles. The van der Waals surface area contributed by atoms with Gasteiger partial charge in [-0.2, -0.15) is 0 Å². The van der Waals surface area contributed by atoms with Crippen molar-refractivity contribution in [2.24, 2.45) is 5.92 Å². The largest absolute Gasteiger partial charge is 0.337 e. The maximum absolute atomic E-state index is 12.6. The van der Waals surface area contributed by atoms with E-state index >= 15 is 0 Å². The lowest BCUT2D eigenvalue weighted by Crippen LogP contribution is -2.43. The van der Waals surface area contributed by atoms with Gasteiger partial charge in [-0.1, -0.05) is 36.4 Å². The monoisotopic (exact) mass is 322 g/mol. The normalized spacial score (nSPS) is 17.5. The van der Waals surface area contributed by atoms with Crippen LogP contribution < -0.4 is 0 Å². The molecule has 1 aromatic heterocycles. The SMILES string of the molecule is Cc1cccc(C(=O)N2CCC[C@H](C(=O)Cc3ccccc3)C2)n1. The summed E-state index contributed by atoms with van der Waals surface area (Å²) in [4.78, 5) is 31.3. The van der Waals surface area contributed by atoms with Gasteiger partial charge < -0.3 is 4.90 Å². The predicted octanol–water partition coefficient (Wildman–Crippen LogP) is 3.05. The van der Waals surface area contributed by atoms with Crippen LogP contribution in [0.3, 0.4) is 0 Å². The summed E-state index contributed by atoms with van der Waals surface area (Å²) < 4.78 is 0. The zero-order chi connectivity index (χ0) is 16.9. The van der Waals surface area contributed by atoms with Gasteiger partial charge in [-0.3, -0.25) is 9.59 Å². The summed E-state index contributed by atoms with van der Waals surface area (Å²) >= 11 is 0.